The van der Waals surface area contributed by atoms with Gasteiger partial charge >= 0.3 is 0 Å². The van der Waals surface area contributed by atoms with Crippen molar-refractivity contribution in [1.82, 2.24) is 0 Å². The van der Waals surface area contributed by atoms with Crippen LogP contribution in [0.2, 0.25) is 0 Å². The van der Waals surface area contributed by atoms with Crippen LogP contribution >= 0.6 is 0 Å². The molecule has 1 aliphatic carbocycles. The summed E-state index contributed by atoms with van der Waals surface area (Å²) in [5.74, 6) is 0. The monoisotopic (exact) mass is 113 g/mol. The number of nitrogens with two attached hydrogens (primary N) is 1. The highest BCUT2D eigenvalue weighted by Crippen LogP contribution is 2.28. The van der Waals surface area contributed by atoms with E-state index in [2.05, 4.69) is 0 Å². The van der Waals surface area contributed by atoms with Gasteiger partial charge in [0.1, 0.15) is 0 Å². The zero-order valence-corrected chi connectivity index (χ0v) is 5.02. The number of hydrogen-bond donors (Lipinski definition) is 2. The van der Waals surface area contributed by atoms with E-state index < -0.39 is 5.54 Å². The Bertz CT molecular complexity index is 126. The number of aliphatic hydroxyl groups excluding tert-OH is 1. The van der Waals surface area contributed by atoms with Gasteiger partial charge in [-0.05, 0) is 18.9 Å². The van der Waals surface area contributed by atoms with Gasteiger partial charge in [-0.1, -0.05) is 6.08 Å². The minimum atomic E-state index is -0.431. The number of rotatable bonds is 2. The topological polar surface area (TPSA) is 46.2 Å². The molecule has 0 amide bonds. The normalized spacial score (nSPS) is 24.1. The highest BCUT2D eigenvalue weighted by molar-refractivity contribution is 5.32. The lowest BCUT2D eigenvalue weighted by Crippen LogP contribution is -2.39. The van der Waals surface area contributed by atoms with E-state index in [-0.39, 0.29) is 6.61 Å². The molecule has 0 saturated heterocycles. The summed E-state index contributed by atoms with van der Waals surface area (Å²) in [4.78, 5) is 0. The first-order chi connectivity index (χ1) is 3.67. The zero-order valence-electron chi connectivity index (χ0n) is 5.02. The van der Waals surface area contributed by atoms with Crippen molar-refractivity contribution in [3.63, 3.8) is 0 Å². The Hall–Kier alpha value is -0.340. The van der Waals surface area contributed by atoms with Gasteiger partial charge in [0.2, 0.25) is 0 Å². The SMILES string of the molecule is CC(N)(CO)C1=CC1. The van der Waals surface area contributed by atoms with Crippen LogP contribution < -0.4 is 5.73 Å². The predicted octanol–water partition coefficient (Wildman–Crippen LogP) is 0.0262. The third-order valence-electron chi connectivity index (χ3n) is 1.47. The Morgan fingerprint density at radius 2 is 2.50 bits per heavy atom. The molecule has 0 fully saturated rings. The fraction of sp³-hybridized carbons (Fsp3) is 0.667. The molecule has 8 heavy (non-hydrogen) atoms. The summed E-state index contributed by atoms with van der Waals surface area (Å²) in [6, 6.07) is 0. The largest absolute Gasteiger partial charge is 0.394 e. The first kappa shape index (κ1) is 5.79. The molecule has 0 aromatic rings. The van der Waals surface area contributed by atoms with E-state index in [9.17, 15) is 0 Å². The molecule has 46 valence electrons. The van der Waals surface area contributed by atoms with E-state index in [4.69, 9.17) is 10.8 Å². The van der Waals surface area contributed by atoms with E-state index in [0.717, 1.165) is 6.42 Å². The van der Waals surface area contributed by atoms with Crippen LogP contribution in [-0.2, 0) is 0 Å². The Morgan fingerprint density at radius 1 is 2.00 bits per heavy atom. The van der Waals surface area contributed by atoms with E-state index in [1.807, 2.05) is 13.0 Å². The molecule has 1 aliphatic rings. The molecule has 1 rings (SSSR count). The Kier molecular flexibility index (Phi) is 1.14. The molecule has 0 spiro atoms. The maximum atomic E-state index is 8.64. The number of aliphatic hydroxyl groups is 1. The van der Waals surface area contributed by atoms with Crippen LogP contribution in [0.15, 0.2) is 11.6 Å². The van der Waals surface area contributed by atoms with E-state index in [1.54, 1.807) is 0 Å². The van der Waals surface area contributed by atoms with Gasteiger partial charge in [-0.25, -0.2) is 0 Å². The molecule has 2 nitrogen and oxygen atoms in total. The second-order valence-corrected chi connectivity index (χ2v) is 2.51. The van der Waals surface area contributed by atoms with Crippen LogP contribution in [0.4, 0.5) is 0 Å². The zero-order chi connectivity index (χ0) is 6.20. The van der Waals surface area contributed by atoms with E-state index in [1.165, 1.54) is 5.57 Å². The smallest absolute Gasteiger partial charge is 0.0647 e. The van der Waals surface area contributed by atoms with Crippen molar-refractivity contribution in [1.29, 1.82) is 0 Å². The highest BCUT2D eigenvalue weighted by Gasteiger charge is 2.27. The molecule has 0 bridgehead atoms. The lowest BCUT2D eigenvalue weighted by atomic mass is 10.0. The second kappa shape index (κ2) is 1.57. The third-order valence-corrected chi connectivity index (χ3v) is 1.47. The van der Waals surface area contributed by atoms with Crippen molar-refractivity contribution >= 4 is 0 Å². The maximum absolute atomic E-state index is 8.64. The highest BCUT2D eigenvalue weighted by atomic mass is 16.3. The molecule has 1 unspecified atom stereocenters. The molecule has 3 N–H and O–H groups in total. The van der Waals surface area contributed by atoms with Crippen LogP contribution in [0.1, 0.15) is 13.3 Å². The molecule has 0 aromatic heterocycles. The van der Waals surface area contributed by atoms with Crippen molar-refractivity contribution in [3.8, 4) is 0 Å². The Labute approximate surface area is 49.0 Å². The molecule has 0 aliphatic heterocycles. The Balaban J connectivity index is 2.50. The van der Waals surface area contributed by atoms with Gasteiger partial charge in [0.15, 0.2) is 0 Å². The third kappa shape index (κ3) is 0.904. The van der Waals surface area contributed by atoms with Gasteiger partial charge in [-0.15, -0.1) is 0 Å². The van der Waals surface area contributed by atoms with Crippen LogP contribution in [0.25, 0.3) is 0 Å². The fourth-order valence-electron chi connectivity index (χ4n) is 0.619. The molecule has 0 radical (unpaired) electrons. The minimum Gasteiger partial charge on any atom is -0.394 e. The summed E-state index contributed by atoms with van der Waals surface area (Å²) in [5, 5.41) is 8.64. The summed E-state index contributed by atoms with van der Waals surface area (Å²) in [6.45, 7) is 1.89. The molecular formula is C6H11NO. The van der Waals surface area contributed by atoms with Crippen molar-refractivity contribution in [3.05, 3.63) is 11.6 Å². The quantitative estimate of drug-likeness (QED) is 0.496. The molecule has 0 aromatic carbocycles. The molecule has 0 heterocycles. The van der Waals surface area contributed by atoms with Gasteiger partial charge < -0.3 is 10.8 Å². The van der Waals surface area contributed by atoms with Crippen LogP contribution in [0.3, 0.4) is 0 Å². The van der Waals surface area contributed by atoms with Gasteiger partial charge in [0.05, 0.1) is 12.1 Å². The summed E-state index contributed by atoms with van der Waals surface area (Å²) in [6.07, 6.45) is 3.03. The number of allylic oxidation sites excluding steroid dienone is 1. The van der Waals surface area contributed by atoms with Gasteiger partial charge in [0, 0.05) is 0 Å². The maximum Gasteiger partial charge on any atom is 0.0647 e. The van der Waals surface area contributed by atoms with Crippen LogP contribution in [0.5, 0.6) is 0 Å². The van der Waals surface area contributed by atoms with Crippen molar-refractivity contribution in [2.45, 2.75) is 18.9 Å². The average molecular weight is 113 g/mol. The van der Waals surface area contributed by atoms with Gasteiger partial charge in [-0.2, -0.15) is 0 Å². The summed E-state index contributed by atoms with van der Waals surface area (Å²) in [7, 11) is 0. The predicted molar refractivity (Wildman–Crippen MR) is 32.4 cm³/mol. The lowest BCUT2D eigenvalue weighted by Gasteiger charge is -2.17. The summed E-state index contributed by atoms with van der Waals surface area (Å²) in [5.41, 5.74) is 6.35. The first-order valence-electron chi connectivity index (χ1n) is 2.76. The van der Waals surface area contributed by atoms with Crippen molar-refractivity contribution in [2.75, 3.05) is 6.61 Å². The standard InChI is InChI=1S/C6H11NO/c1-6(7,4-8)5-2-3-5/h2,8H,3-4,7H2,1H3. The minimum absolute atomic E-state index is 0.0544. The van der Waals surface area contributed by atoms with Crippen molar-refractivity contribution < 1.29 is 5.11 Å². The van der Waals surface area contributed by atoms with Crippen LogP contribution in [0, 0.1) is 0 Å². The fourth-order valence-corrected chi connectivity index (χ4v) is 0.619. The molecular weight excluding hydrogens is 102 g/mol. The van der Waals surface area contributed by atoms with E-state index in [0.29, 0.717) is 0 Å². The molecule has 1 atom stereocenters. The second-order valence-electron chi connectivity index (χ2n) is 2.51. The number of hydrogen-bond acceptors (Lipinski definition) is 2. The van der Waals surface area contributed by atoms with Gasteiger partial charge in [0.25, 0.3) is 0 Å². The molecule has 0 saturated carbocycles. The lowest BCUT2D eigenvalue weighted by molar-refractivity contribution is 0.234. The summed E-state index contributed by atoms with van der Waals surface area (Å²) < 4.78 is 0. The average Bonchev–Trinajstić information content (AvgIpc) is 2.44. The van der Waals surface area contributed by atoms with E-state index >= 15 is 0 Å². The first-order valence-corrected chi connectivity index (χ1v) is 2.76. The van der Waals surface area contributed by atoms with Gasteiger partial charge in [-0.3, -0.25) is 0 Å². The molecule has 2 heteroatoms. The Morgan fingerprint density at radius 3 is 2.62 bits per heavy atom. The van der Waals surface area contributed by atoms with Crippen molar-refractivity contribution in [2.24, 2.45) is 5.73 Å². The summed E-state index contributed by atoms with van der Waals surface area (Å²) >= 11 is 0. The van der Waals surface area contributed by atoms with Crippen LogP contribution in [-0.4, -0.2) is 17.3 Å².